The first-order chi connectivity index (χ1) is 8.83. The van der Waals surface area contributed by atoms with Crippen molar-refractivity contribution in [2.75, 3.05) is 13.2 Å². The molecule has 0 aliphatic heterocycles. The van der Waals surface area contributed by atoms with E-state index in [0.717, 1.165) is 19.3 Å². The standard InChI is InChI=1S/C15H23NO2/c1-2-3-4-8-13-18-15(17)16-12-11-14-9-6-5-7-10-14/h5-7,9-10H,2-4,8,11-13H2,1H3,(H,16,17). The van der Waals surface area contributed by atoms with E-state index in [-0.39, 0.29) is 6.09 Å². The highest BCUT2D eigenvalue weighted by Gasteiger charge is 2.00. The molecule has 0 saturated heterocycles. The molecule has 0 heterocycles. The summed E-state index contributed by atoms with van der Waals surface area (Å²) in [5.41, 5.74) is 1.22. The topological polar surface area (TPSA) is 38.3 Å². The summed E-state index contributed by atoms with van der Waals surface area (Å²) in [4.78, 5) is 11.3. The molecule has 0 aliphatic rings. The number of nitrogens with one attached hydrogen (secondary N) is 1. The molecule has 1 aromatic rings. The van der Waals surface area contributed by atoms with Crippen LogP contribution in [0.3, 0.4) is 0 Å². The molecule has 0 atom stereocenters. The third kappa shape index (κ3) is 6.94. The lowest BCUT2D eigenvalue weighted by atomic mass is 10.1. The number of carbonyl (C=O) groups is 1. The van der Waals surface area contributed by atoms with Gasteiger partial charge in [-0.15, -0.1) is 0 Å². The van der Waals surface area contributed by atoms with E-state index in [1.54, 1.807) is 0 Å². The molecule has 0 unspecified atom stereocenters. The zero-order valence-electron chi connectivity index (χ0n) is 11.2. The summed E-state index contributed by atoms with van der Waals surface area (Å²) in [6.07, 6.45) is 5.03. The molecule has 0 aromatic heterocycles. The van der Waals surface area contributed by atoms with Crippen molar-refractivity contribution in [1.82, 2.24) is 5.32 Å². The Labute approximate surface area is 110 Å². The van der Waals surface area contributed by atoms with Gasteiger partial charge in [-0.25, -0.2) is 4.79 Å². The van der Waals surface area contributed by atoms with Gasteiger partial charge in [0.05, 0.1) is 6.61 Å². The van der Waals surface area contributed by atoms with E-state index in [9.17, 15) is 4.79 Å². The van der Waals surface area contributed by atoms with Gasteiger partial charge in [-0.05, 0) is 18.4 Å². The fourth-order valence-corrected chi connectivity index (χ4v) is 1.70. The van der Waals surface area contributed by atoms with E-state index in [0.29, 0.717) is 13.2 Å². The second-order valence-corrected chi connectivity index (χ2v) is 4.36. The minimum Gasteiger partial charge on any atom is -0.450 e. The molecule has 1 rings (SSSR count). The molecular weight excluding hydrogens is 226 g/mol. The summed E-state index contributed by atoms with van der Waals surface area (Å²) < 4.78 is 5.08. The van der Waals surface area contributed by atoms with Crippen molar-refractivity contribution in [3.05, 3.63) is 35.9 Å². The van der Waals surface area contributed by atoms with Gasteiger partial charge in [0, 0.05) is 6.54 Å². The number of benzene rings is 1. The summed E-state index contributed by atoms with van der Waals surface area (Å²) in [6.45, 7) is 3.31. The summed E-state index contributed by atoms with van der Waals surface area (Å²) in [6, 6.07) is 10.1. The van der Waals surface area contributed by atoms with E-state index in [2.05, 4.69) is 24.4 Å². The van der Waals surface area contributed by atoms with Gasteiger partial charge in [0.25, 0.3) is 0 Å². The van der Waals surface area contributed by atoms with E-state index in [1.165, 1.54) is 18.4 Å². The summed E-state index contributed by atoms with van der Waals surface area (Å²) in [5.74, 6) is 0. The quantitative estimate of drug-likeness (QED) is 0.716. The predicted octanol–water partition coefficient (Wildman–Crippen LogP) is 3.54. The number of rotatable bonds is 8. The lowest BCUT2D eigenvalue weighted by Crippen LogP contribution is -2.26. The maximum Gasteiger partial charge on any atom is 0.407 e. The minimum absolute atomic E-state index is 0.303. The van der Waals surface area contributed by atoms with Crippen LogP contribution in [0.15, 0.2) is 30.3 Å². The maximum absolute atomic E-state index is 11.3. The van der Waals surface area contributed by atoms with Crippen LogP contribution in [0, 0.1) is 0 Å². The van der Waals surface area contributed by atoms with Crippen molar-refractivity contribution in [2.24, 2.45) is 0 Å². The molecule has 3 heteroatoms. The van der Waals surface area contributed by atoms with Crippen LogP contribution in [0.1, 0.15) is 38.2 Å². The number of hydrogen-bond donors (Lipinski definition) is 1. The minimum atomic E-state index is -0.303. The number of unbranched alkanes of at least 4 members (excludes halogenated alkanes) is 3. The molecule has 100 valence electrons. The largest absolute Gasteiger partial charge is 0.450 e. The molecule has 1 aromatic carbocycles. The normalized spacial score (nSPS) is 10.1. The van der Waals surface area contributed by atoms with Crippen LogP contribution in [0.25, 0.3) is 0 Å². The monoisotopic (exact) mass is 249 g/mol. The first-order valence-electron chi connectivity index (χ1n) is 6.77. The number of alkyl carbamates (subject to hydrolysis) is 1. The van der Waals surface area contributed by atoms with Crippen molar-refractivity contribution >= 4 is 6.09 Å². The summed E-state index contributed by atoms with van der Waals surface area (Å²) in [7, 11) is 0. The predicted molar refractivity (Wildman–Crippen MR) is 73.6 cm³/mol. The molecule has 1 N–H and O–H groups in total. The molecule has 0 aliphatic carbocycles. The zero-order chi connectivity index (χ0) is 13.1. The second kappa shape index (κ2) is 9.51. The van der Waals surface area contributed by atoms with Gasteiger partial charge in [-0.2, -0.15) is 0 Å². The van der Waals surface area contributed by atoms with Gasteiger partial charge < -0.3 is 10.1 Å². The fraction of sp³-hybridized carbons (Fsp3) is 0.533. The van der Waals surface area contributed by atoms with E-state index in [1.807, 2.05) is 18.2 Å². The number of hydrogen-bond acceptors (Lipinski definition) is 2. The fourth-order valence-electron chi connectivity index (χ4n) is 1.70. The highest BCUT2D eigenvalue weighted by molar-refractivity contribution is 5.67. The van der Waals surface area contributed by atoms with Gasteiger partial charge in [-0.1, -0.05) is 56.5 Å². The molecule has 0 saturated carbocycles. The molecule has 0 spiro atoms. The Morgan fingerprint density at radius 1 is 1.17 bits per heavy atom. The van der Waals surface area contributed by atoms with Gasteiger partial charge >= 0.3 is 6.09 Å². The lowest BCUT2D eigenvalue weighted by Gasteiger charge is -2.06. The van der Waals surface area contributed by atoms with Gasteiger partial charge in [0.1, 0.15) is 0 Å². The second-order valence-electron chi connectivity index (χ2n) is 4.36. The van der Waals surface area contributed by atoms with Crippen LogP contribution in [0.5, 0.6) is 0 Å². The molecule has 0 fully saturated rings. The SMILES string of the molecule is CCCCCCOC(=O)NCCc1ccccc1. The van der Waals surface area contributed by atoms with Crippen LogP contribution in [0.2, 0.25) is 0 Å². The van der Waals surface area contributed by atoms with E-state index < -0.39 is 0 Å². The number of carbonyl (C=O) groups excluding carboxylic acids is 1. The molecular formula is C15H23NO2. The van der Waals surface area contributed by atoms with Crippen LogP contribution >= 0.6 is 0 Å². The Kier molecular flexibility index (Phi) is 7.69. The smallest absolute Gasteiger partial charge is 0.407 e. The molecule has 3 nitrogen and oxygen atoms in total. The Hall–Kier alpha value is -1.51. The Bertz CT molecular complexity index is 325. The molecule has 18 heavy (non-hydrogen) atoms. The average molecular weight is 249 g/mol. The first-order valence-corrected chi connectivity index (χ1v) is 6.77. The third-order valence-corrected chi connectivity index (χ3v) is 2.76. The summed E-state index contributed by atoms with van der Waals surface area (Å²) in [5, 5.41) is 2.76. The Morgan fingerprint density at radius 3 is 2.67 bits per heavy atom. The molecule has 1 amide bonds. The zero-order valence-corrected chi connectivity index (χ0v) is 11.2. The van der Waals surface area contributed by atoms with Crippen LogP contribution in [-0.4, -0.2) is 19.2 Å². The van der Waals surface area contributed by atoms with Crippen molar-refractivity contribution < 1.29 is 9.53 Å². The van der Waals surface area contributed by atoms with Crippen molar-refractivity contribution in [2.45, 2.75) is 39.0 Å². The van der Waals surface area contributed by atoms with E-state index >= 15 is 0 Å². The summed E-state index contributed by atoms with van der Waals surface area (Å²) >= 11 is 0. The van der Waals surface area contributed by atoms with E-state index in [4.69, 9.17) is 4.74 Å². The highest BCUT2D eigenvalue weighted by Crippen LogP contribution is 2.00. The van der Waals surface area contributed by atoms with Gasteiger partial charge in [0.2, 0.25) is 0 Å². The van der Waals surface area contributed by atoms with Crippen LogP contribution < -0.4 is 5.32 Å². The molecule has 0 radical (unpaired) electrons. The maximum atomic E-state index is 11.3. The van der Waals surface area contributed by atoms with Gasteiger partial charge in [0.15, 0.2) is 0 Å². The van der Waals surface area contributed by atoms with Crippen molar-refractivity contribution in [3.8, 4) is 0 Å². The number of amides is 1. The average Bonchev–Trinajstić information content (AvgIpc) is 2.40. The lowest BCUT2D eigenvalue weighted by molar-refractivity contribution is 0.144. The molecule has 0 bridgehead atoms. The Balaban J connectivity index is 2.00. The van der Waals surface area contributed by atoms with Gasteiger partial charge in [-0.3, -0.25) is 0 Å². The van der Waals surface area contributed by atoms with Crippen LogP contribution in [-0.2, 0) is 11.2 Å². The van der Waals surface area contributed by atoms with Crippen LogP contribution in [0.4, 0.5) is 4.79 Å². The third-order valence-electron chi connectivity index (χ3n) is 2.76. The Morgan fingerprint density at radius 2 is 1.94 bits per heavy atom. The van der Waals surface area contributed by atoms with Crippen molar-refractivity contribution in [1.29, 1.82) is 0 Å². The first kappa shape index (κ1) is 14.6. The van der Waals surface area contributed by atoms with Crippen molar-refractivity contribution in [3.63, 3.8) is 0 Å². The highest BCUT2D eigenvalue weighted by atomic mass is 16.5. The number of ether oxygens (including phenoxy) is 1.